The molecule has 0 bridgehead atoms. The van der Waals surface area contributed by atoms with Gasteiger partial charge < -0.3 is 20.3 Å². The first kappa shape index (κ1) is 18.5. The van der Waals surface area contributed by atoms with E-state index in [-0.39, 0.29) is 24.1 Å². The van der Waals surface area contributed by atoms with Crippen LogP contribution < -0.4 is 10.6 Å². The molecule has 6 nitrogen and oxygen atoms in total. The largest absolute Gasteiger partial charge is 0.375 e. The van der Waals surface area contributed by atoms with Crippen molar-refractivity contribution in [2.45, 2.75) is 75.8 Å². The van der Waals surface area contributed by atoms with Crippen molar-refractivity contribution in [3.05, 3.63) is 0 Å². The topological polar surface area (TPSA) is 70.7 Å². The Hall–Kier alpha value is -1.30. The molecule has 25 heavy (non-hydrogen) atoms. The highest BCUT2D eigenvalue weighted by Crippen LogP contribution is 2.40. The van der Waals surface area contributed by atoms with Gasteiger partial charge in [-0.3, -0.25) is 4.79 Å². The van der Waals surface area contributed by atoms with Gasteiger partial charge in [0.05, 0.1) is 0 Å². The molecule has 0 aromatic heterocycles. The van der Waals surface area contributed by atoms with Crippen molar-refractivity contribution in [1.29, 1.82) is 0 Å². The molecule has 0 atom stereocenters. The summed E-state index contributed by atoms with van der Waals surface area (Å²) in [6.45, 7) is 1.55. The van der Waals surface area contributed by atoms with Crippen LogP contribution in [0, 0.1) is 5.92 Å². The first-order valence-electron chi connectivity index (χ1n) is 9.96. The molecular weight excluding hydrogens is 318 g/mol. The third kappa shape index (κ3) is 5.33. The number of amides is 3. The standard InChI is InChI=1S/C19H33N3O3/c1-25-14-17(23)21-19(13-15-7-8-15)9-11-22(12-10-19)18(24)20-16-5-3-2-4-6-16/h15-16H,2-14H2,1H3,(H,20,24)(H,21,23). The number of nitrogens with zero attached hydrogens (tertiary/aromatic N) is 1. The molecule has 6 heteroatoms. The van der Waals surface area contributed by atoms with E-state index in [0.29, 0.717) is 6.04 Å². The Morgan fingerprint density at radius 2 is 1.76 bits per heavy atom. The second kappa shape index (κ2) is 8.39. The summed E-state index contributed by atoms with van der Waals surface area (Å²) in [5.74, 6) is 0.703. The van der Waals surface area contributed by atoms with Gasteiger partial charge in [0.1, 0.15) is 6.61 Å². The minimum Gasteiger partial charge on any atom is -0.375 e. The predicted molar refractivity (Wildman–Crippen MR) is 96.3 cm³/mol. The maximum absolute atomic E-state index is 12.5. The van der Waals surface area contributed by atoms with Crippen molar-refractivity contribution in [2.24, 2.45) is 5.92 Å². The van der Waals surface area contributed by atoms with E-state index in [4.69, 9.17) is 4.74 Å². The van der Waals surface area contributed by atoms with Gasteiger partial charge in [-0.15, -0.1) is 0 Å². The van der Waals surface area contributed by atoms with Crippen LogP contribution in [0.5, 0.6) is 0 Å². The highest BCUT2D eigenvalue weighted by atomic mass is 16.5. The van der Waals surface area contributed by atoms with Gasteiger partial charge in [-0.05, 0) is 38.0 Å². The van der Waals surface area contributed by atoms with Crippen LogP contribution in [0.2, 0.25) is 0 Å². The second-order valence-corrected chi connectivity index (χ2v) is 8.18. The number of hydrogen-bond acceptors (Lipinski definition) is 3. The van der Waals surface area contributed by atoms with E-state index < -0.39 is 0 Å². The van der Waals surface area contributed by atoms with Crippen LogP contribution in [0.25, 0.3) is 0 Å². The van der Waals surface area contributed by atoms with Gasteiger partial charge in [0.2, 0.25) is 5.91 Å². The third-order valence-corrected chi connectivity index (χ3v) is 6.00. The lowest BCUT2D eigenvalue weighted by atomic mass is 9.82. The zero-order chi connectivity index (χ0) is 17.7. The van der Waals surface area contributed by atoms with E-state index in [2.05, 4.69) is 10.6 Å². The van der Waals surface area contributed by atoms with Crippen LogP contribution >= 0.6 is 0 Å². The van der Waals surface area contributed by atoms with E-state index in [1.54, 1.807) is 7.11 Å². The van der Waals surface area contributed by atoms with Crippen molar-refractivity contribution >= 4 is 11.9 Å². The average molecular weight is 351 g/mol. The minimum absolute atomic E-state index is 0.0387. The number of hydrogen-bond donors (Lipinski definition) is 2. The first-order valence-corrected chi connectivity index (χ1v) is 9.96. The van der Waals surface area contributed by atoms with Crippen LogP contribution in [0.3, 0.4) is 0 Å². The summed E-state index contributed by atoms with van der Waals surface area (Å²) in [6.07, 6.45) is 11.2. The average Bonchev–Trinajstić information content (AvgIpc) is 3.40. The molecule has 2 aliphatic carbocycles. The fourth-order valence-corrected chi connectivity index (χ4v) is 4.37. The number of urea groups is 1. The molecule has 0 aromatic carbocycles. The third-order valence-electron chi connectivity index (χ3n) is 6.00. The summed E-state index contributed by atoms with van der Waals surface area (Å²) in [5.41, 5.74) is -0.154. The van der Waals surface area contributed by atoms with Gasteiger partial charge in [0, 0.05) is 31.8 Å². The molecule has 0 spiro atoms. The Morgan fingerprint density at radius 1 is 1.08 bits per heavy atom. The highest BCUT2D eigenvalue weighted by molar-refractivity contribution is 5.78. The molecule has 1 saturated heterocycles. The molecule has 2 saturated carbocycles. The second-order valence-electron chi connectivity index (χ2n) is 8.18. The van der Waals surface area contributed by atoms with Crippen molar-refractivity contribution < 1.29 is 14.3 Å². The number of rotatable bonds is 6. The van der Waals surface area contributed by atoms with Crippen molar-refractivity contribution in [3.8, 4) is 0 Å². The Balaban J connectivity index is 1.51. The zero-order valence-corrected chi connectivity index (χ0v) is 15.5. The Bertz CT molecular complexity index is 465. The van der Waals surface area contributed by atoms with E-state index >= 15 is 0 Å². The van der Waals surface area contributed by atoms with Gasteiger partial charge in [0.25, 0.3) is 0 Å². The molecule has 3 amide bonds. The molecule has 3 fully saturated rings. The van der Waals surface area contributed by atoms with E-state index in [1.165, 1.54) is 32.1 Å². The van der Waals surface area contributed by atoms with Crippen LogP contribution in [0.15, 0.2) is 0 Å². The lowest BCUT2D eigenvalue weighted by Crippen LogP contribution is -2.58. The molecule has 0 aromatic rings. The molecule has 3 aliphatic rings. The summed E-state index contributed by atoms with van der Waals surface area (Å²) in [7, 11) is 1.55. The van der Waals surface area contributed by atoms with Gasteiger partial charge in [-0.25, -0.2) is 4.79 Å². The van der Waals surface area contributed by atoms with Gasteiger partial charge in [-0.2, -0.15) is 0 Å². The van der Waals surface area contributed by atoms with Crippen LogP contribution in [0.4, 0.5) is 4.79 Å². The summed E-state index contributed by atoms with van der Waals surface area (Å²) >= 11 is 0. The molecule has 0 unspecified atom stereocenters. The molecule has 1 aliphatic heterocycles. The number of ether oxygens (including phenoxy) is 1. The summed E-state index contributed by atoms with van der Waals surface area (Å²) in [5, 5.41) is 6.43. The highest BCUT2D eigenvalue weighted by Gasteiger charge is 2.41. The number of methoxy groups -OCH3 is 1. The zero-order valence-electron chi connectivity index (χ0n) is 15.5. The van der Waals surface area contributed by atoms with E-state index in [0.717, 1.165) is 51.1 Å². The molecule has 2 N–H and O–H groups in total. The number of likely N-dealkylation sites (tertiary alicyclic amines) is 1. The van der Waals surface area contributed by atoms with Gasteiger partial charge in [0.15, 0.2) is 0 Å². The number of piperidine rings is 1. The minimum atomic E-state index is -0.154. The summed E-state index contributed by atoms with van der Waals surface area (Å²) in [6, 6.07) is 0.427. The lowest BCUT2D eigenvalue weighted by molar-refractivity contribution is -0.127. The first-order chi connectivity index (χ1) is 12.1. The smallest absolute Gasteiger partial charge is 0.317 e. The number of nitrogens with one attached hydrogen (secondary N) is 2. The van der Waals surface area contributed by atoms with Crippen molar-refractivity contribution in [1.82, 2.24) is 15.5 Å². The Morgan fingerprint density at radius 3 is 2.36 bits per heavy atom. The summed E-state index contributed by atoms with van der Waals surface area (Å²) in [4.78, 5) is 26.5. The Labute approximate surface area is 151 Å². The fraction of sp³-hybridized carbons (Fsp3) is 0.895. The maximum atomic E-state index is 12.5. The SMILES string of the molecule is COCC(=O)NC1(CC2CC2)CCN(C(=O)NC2CCCCC2)CC1. The van der Waals surface area contributed by atoms with Crippen LogP contribution in [0.1, 0.15) is 64.2 Å². The van der Waals surface area contributed by atoms with E-state index in [9.17, 15) is 9.59 Å². The molecule has 142 valence electrons. The van der Waals surface area contributed by atoms with Crippen LogP contribution in [-0.2, 0) is 9.53 Å². The molecule has 3 rings (SSSR count). The van der Waals surface area contributed by atoms with Crippen LogP contribution in [-0.4, -0.2) is 55.2 Å². The quantitative estimate of drug-likeness (QED) is 0.772. The molecule has 1 heterocycles. The van der Waals surface area contributed by atoms with Gasteiger partial charge in [-0.1, -0.05) is 32.1 Å². The van der Waals surface area contributed by atoms with E-state index in [1.807, 2.05) is 4.90 Å². The Kier molecular flexibility index (Phi) is 6.20. The monoisotopic (exact) mass is 351 g/mol. The lowest BCUT2D eigenvalue weighted by Gasteiger charge is -2.43. The molecule has 0 radical (unpaired) electrons. The van der Waals surface area contributed by atoms with Crippen molar-refractivity contribution in [3.63, 3.8) is 0 Å². The fourth-order valence-electron chi connectivity index (χ4n) is 4.37. The molecular formula is C19H33N3O3. The number of carbonyl (C=O) groups excluding carboxylic acids is 2. The van der Waals surface area contributed by atoms with Crippen molar-refractivity contribution in [2.75, 3.05) is 26.8 Å². The summed E-state index contributed by atoms with van der Waals surface area (Å²) < 4.78 is 4.97. The normalized spacial score (nSPS) is 24.0. The number of carbonyl (C=O) groups is 2. The maximum Gasteiger partial charge on any atom is 0.317 e. The predicted octanol–water partition coefficient (Wildman–Crippen LogP) is 2.43. The van der Waals surface area contributed by atoms with Gasteiger partial charge >= 0.3 is 6.03 Å².